The number of ether oxygens (including phenoxy) is 6. The van der Waals surface area contributed by atoms with Crippen molar-refractivity contribution in [3.05, 3.63) is 161 Å². The van der Waals surface area contributed by atoms with Crippen LogP contribution in [0.25, 0.3) is 33.4 Å². The van der Waals surface area contributed by atoms with E-state index in [2.05, 4.69) is 48.2 Å². The molecule has 0 spiro atoms. The van der Waals surface area contributed by atoms with Crippen molar-refractivity contribution in [2.75, 3.05) is 26.2 Å². The Morgan fingerprint density at radius 3 is 1.12 bits per heavy atom. The molecule has 3 fully saturated rings. The van der Waals surface area contributed by atoms with Crippen molar-refractivity contribution >= 4 is 71.1 Å². The van der Waals surface area contributed by atoms with Crippen molar-refractivity contribution in [1.82, 2.24) is 63.2 Å². The van der Waals surface area contributed by atoms with Crippen LogP contribution in [-0.2, 0) is 84.6 Å². The third-order valence-electron chi connectivity index (χ3n) is 22.3. The van der Waals surface area contributed by atoms with E-state index in [1.165, 1.54) is 28.9 Å². The van der Waals surface area contributed by atoms with E-state index in [4.69, 9.17) is 28.4 Å². The van der Waals surface area contributed by atoms with Crippen LogP contribution >= 0.6 is 0 Å². The van der Waals surface area contributed by atoms with E-state index in [1.54, 1.807) is 142 Å². The first kappa shape index (κ1) is 86.6. The lowest BCUT2D eigenvalue weighted by molar-refractivity contribution is -0.158. The maximum Gasteiger partial charge on any atom is 0.325 e. The van der Waals surface area contributed by atoms with Crippen molar-refractivity contribution in [2.24, 2.45) is 17.8 Å². The van der Waals surface area contributed by atoms with Gasteiger partial charge in [-0.25, -0.2) is 16.3 Å². The van der Waals surface area contributed by atoms with E-state index in [0.717, 1.165) is 16.7 Å². The Hall–Kier alpha value is -11.8. The Balaban J connectivity index is 0.856. The fraction of sp³-hybridized carbons (Fsp3) is 0.461. The standard InChI is InChI=1S/C89H108N12O18/c1-47(2)76-82(106)91-73(85(109)100-35-15-20-71(97-100)87(111)117-51(8)61-17-13-18-62(43-61)58-22-28-67(29-23-58)114-46-75(102)93-76)41-56-37-64-45-65(39-56)59-26-32-69(33-27-59)116-55(12)80(104)95-78(49(5)6)83(107)92-74(86(110)101-36-16-21-72(98-101)89(113)119-53(64)10)42-57-38-63-44-66(40-57)60-24-30-68(31-25-60)115-54(11)79(103)94-77(48(3)4)81(105)90-50(7)84(108)99-34-14-19-70(96-99)88(112)118-52(63)9/h13,17-18,22-33,37-40,43-45,47-55,70-74,76-78,96-98H,14-16,19-21,34-36,41-42,46H2,1-12H3,(H,90,105)(H,91,106)(H,92,107)(H,93,102)(H,94,103)(H,95,104)/t50-,51+,52+,53+,54+,55-,70-,71-,72-,73-,74-,76-,77-,78-/m0/s1. The van der Waals surface area contributed by atoms with Crippen LogP contribution in [0.4, 0.5) is 0 Å². The van der Waals surface area contributed by atoms with Gasteiger partial charge < -0.3 is 60.3 Å². The highest BCUT2D eigenvalue weighted by Gasteiger charge is 2.41. The fourth-order valence-corrected chi connectivity index (χ4v) is 15.4. The normalized spacial score (nSPS) is 26.5. The monoisotopic (exact) mass is 1630 g/mol. The first-order valence-corrected chi connectivity index (χ1v) is 41.1. The Kier molecular flexibility index (Phi) is 27.9. The Morgan fingerprint density at radius 2 is 0.706 bits per heavy atom. The minimum Gasteiger partial charge on any atom is -0.484 e. The maximum absolute atomic E-state index is 15.7. The molecule has 15 rings (SSSR count). The average Bonchev–Trinajstić information content (AvgIpc) is 0.807. The second kappa shape index (κ2) is 38.3. The topological polar surface area (TPSA) is 378 Å². The van der Waals surface area contributed by atoms with Gasteiger partial charge in [0.25, 0.3) is 35.4 Å². The van der Waals surface area contributed by atoms with Crippen molar-refractivity contribution in [2.45, 2.75) is 219 Å². The Morgan fingerprint density at radius 1 is 0.345 bits per heavy atom. The summed E-state index contributed by atoms with van der Waals surface area (Å²) in [7, 11) is 0. The molecule has 30 nitrogen and oxygen atoms in total. The Labute approximate surface area is 692 Å². The van der Waals surface area contributed by atoms with Crippen molar-refractivity contribution in [1.29, 1.82) is 0 Å². The molecular formula is C89H108N12O18. The highest BCUT2D eigenvalue weighted by molar-refractivity contribution is 5.96. The quantitative estimate of drug-likeness (QED) is 0.0429. The molecule has 9 aliphatic rings. The number of carbonyl (C=O) groups excluding carboxylic acids is 12. The van der Waals surface area contributed by atoms with Crippen LogP contribution in [0.5, 0.6) is 17.2 Å². The molecule has 0 aliphatic carbocycles. The van der Waals surface area contributed by atoms with E-state index in [1.807, 2.05) is 60.7 Å². The van der Waals surface area contributed by atoms with Gasteiger partial charge in [-0.3, -0.25) is 72.6 Å². The molecule has 6 aromatic rings. The number of esters is 3. The smallest absolute Gasteiger partial charge is 0.325 e. The number of fused-ring (bicyclic) bond motifs is 36. The number of nitrogens with one attached hydrogen (secondary N) is 9. The molecule has 119 heavy (non-hydrogen) atoms. The summed E-state index contributed by atoms with van der Waals surface area (Å²) in [5.74, 6) is -8.07. The number of benzene rings is 6. The fourth-order valence-electron chi connectivity index (χ4n) is 15.4. The number of hydrazine groups is 3. The minimum absolute atomic E-state index is 0.0700. The summed E-state index contributed by atoms with van der Waals surface area (Å²) in [5, 5.41) is 21.0. The number of hydrogen-bond acceptors (Lipinski definition) is 21. The summed E-state index contributed by atoms with van der Waals surface area (Å²) < 4.78 is 37.0. The van der Waals surface area contributed by atoms with E-state index < -0.39 is 180 Å². The lowest BCUT2D eigenvalue weighted by atomic mass is 9.93. The maximum atomic E-state index is 15.7. The largest absolute Gasteiger partial charge is 0.484 e. The van der Waals surface area contributed by atoms with Gasteiger partial charge in [0.15, 0.2) is 18.8 Å². The van der Waals surface area contributed by atoms with Crippen LogP contribution in [0.1, 0.15) is 168 Å². The van der Waals surface area contributed by atoms with Gasteiger partial charge in [0.1, 0.15) is 89.9 Å². The third kappa shape index (κ3) is 21.6. The zero-order chi connectivity index (χ0) is 85.2. The molecule has 0 aromatic heterocycles. The molecule has 9 aliphatic heterocycles. The van der Waals surface area contributed by atoms with Gasteiger partial charge in [-0.05, 0) is 214 Å². The van der Waals surface area contributed by atoms with E-state index >= 15 is 14.4 Å². The van der Waals surface area contributed by atoms with Gasteiger partial charge in [0.05, 0.1) is 0 Å². The van der Waals surface area contributed by atoms with Gasteiger partial charge in [-0.1, -0.05) is 120 Å². The molecule has 3 saturated heterocycles. The van der Waals surface area contributed by atoms with Crippen LogP contribution in [0.2, 0.25) is 0 Å². The molecule has 18 bridgehead atoms. The summed E-state index contributed by atoms with van der Waals surface area (Å²) in [4.78, 5) is 174. The van der Waals surface area contributed by atoms with Gasteiger partial charge >= 0.3 is 17.9 Å². The highest BCUT2D eigenvalue weighted by atomic mass is 16.6. The van der Waals surface area contributed by atoms with E-state index in [9.17, 15) is 43.2 Å². The minimum atomic E-state index is -1.42. The van der Waals surface area contributed by atoms with Crippen molar-refractivity contribution < 1.29 is 86.0 Å². The summed E-state index contributed by atoms with van der Waals surface area (Å²) in [5.41, 5.74) is 16.0. The number of nitrogens with zero attached hydrogens (tertiary/aromatic N) is 3. The molecule has 9 heterocycles. The highest BCUT2D eigenvalue weighted by Crippen LogP contribution is 2.35. The predicted octanol–water partition coefficient (Wildman–Crippen LogP) is 7.32. The molecule has 9 N–H and O–H groups in total. The molecule has 0 unspecified atom stereocenters. The number of hydrogen-bond donors (Lipinski definition) is 9. The van der Waals surface area contributed by atoms with Crippen LogP contribution in [-0.4, -0.2) is 179 Å². The molecule has 9 amide bonds. The molecule has 632 valence electrons. The first-order chi connectivity index (χ1) is 56.8. The summed E-state index contributed by atoms with van der Waals surface area (Å²) in [6.07, 6.45) is -3.40. The molecular weight excluding hydrogens is 1530 g/mol. The van der Waals surface area contributed by atoms with Gasteiger partial charge in [-0.15, -0.1) is 0 Å². The third-order valence-corrected chi connectivity index (χ3v) is 22.3. The zero-order valence-corrected chi connectivity index (χ0v) is 69.2. The van der Waals surface area contributed by atoms with Crippen molar-refractivity contribution in [3.8, 4) is 50.6 Å². The second-order valence-corrected chi connectivity index (χ2v) is 32.6. The Bertz CT molecular complexity index is 4770. The summed E-state index contributed by atoms with van der Waals surface area (Å²) in [6, 6.07) is 28.8. The van der Waals surface area contributed by atoms with Crippen LogP contribution in [0.15, 0.2) is 133 Å². The number of rotatable bonds is 7. The average molecular weight is 1630 g/mol. The summed E-state index contributed by atoms with van der Waals surface area (Å²) >= 11 is 0. The van der Waals surface area contributed by atoms with Gasteiger partial charge in [0, 0.05) is 32.5 Å². The zero-order valence-electron chi connectivity index (χ0n) is 69.2. The van der Waals surface area contributed by atoms with Gasteiger partial charge in [-0.2, -0.15) is 0 Å². The van der Waals surface area contributed by atoms with Crippen molar-refractivity contribution in [3.63, 3.8) is 0 Å². The van der Waals surface area contributed by atoms with Crippen LogP contribution in [0, 0.1) is 17.8 Å². The predicted molar refractivity (Wildman–Crippen MR) is 438 cm³/mol. The number of amides is 9. The molecule has 30 heteroatoms. The second-order valence-electron chi connectivity index (χ2n) is 32.6. The van der Waals surface area contributed by atoms with E-state index in [-0.39, 0.29) is 44.6 Å². The number of carbonyl (C=O) groups is 12. The molecule has 0 saturated carbocycles. The lowest BCUT2D eigenvalue weighted by Crippen LogP contribution is -2.62. The first-order valence-electron chi connectivity index (χ1n) is 41.1. The van der Waals surface area contributed by atoms with Crippen LogP contribution in [0.3, 0.4) is 0 Å². The van der Waals surface area contributed by atoms with E-state index in [0.29, 0.717) is 88.1 Å². The van der Waals surface area contributed by atoms with Crippen LogP contribution < -0.4 is 62.4 Å². The lowest BCUT2D eigenvalue weighted by Gasteiger charge is -2.36. The van der Waals surface area contributed by atoms with Gasteiger partial charge in [0.2, 0.25) is 17.7 Å². The molecule has 6 aromatic carbocycles. The molecule has 14 atom stereocenters. The SMILES string of the molecule is CC(C)[C@@H]1NC(=O)COc2ccc(cc2)-c2cccc(c2)[C@@H](C)OC(=O)[C@@H]2CCCN(N2)C(=O)[C@H](Cc2cc3cc(c2)[C@@H](C)OC(=O)[C@@H]2CCCN(N2)C(=O)[C@H](Cc2cc4cc(c2)[C@@H](C)OC(=O)[C@@H]2CCCN(N2)C(=O)[C@H](C)NC(=O)[C@H](C(C)C)NC(=O)[C@@H](C)Oc2ccc-4cc2)NC(=O)[C@H](C(C)C)NC(=O)[C@H](C)Oc2ccc-3cc2)NC1=O. The molecule has 0 radical (unpaired) electrons. The summed E-state index contributed by atoms with van der Waals surface area (Å²) in [6.45, 7) is 20.2.